The molecule has 8 nitrogen and oxygen atoms in total. The lowest BCUT2D eigenvalue weighted by atomic mass is 9.96. The van der Waals surface area contributed by atoms with Gasteiger partial charge < -0.3 is 16.4 Å². The van der Waals surface area contributed by atoms with E-state index in [2.05, 4.69) is 26.3 Å². The Morgan fingerprint density at radius 2 is 2.00 bits per heavy atom. The van der Waals surface area contributed by atoms with Crippen molar-refractivity contribution in [3.63, 3.8) is 0 Å². The normalized spacial score (nSPS) is 14.5. The fraction of sp³-hybridized carbons (Fsp3) is 0.579. The van der Waals surface area contributed by atoms with Crippen LogP contribution in [0.25, 0.3) is 11.0 Å². The third-order valence-electron chi connectivity index (χ3n) is 4.47. The van der Waals surface area contributed by atoms with Crippen molar-refractivity contribution in [3.05, 3.63) is 28.7 Å². The van der Waals surface area contributed by atoms with Gasteiger partial charge in [-0.2, -0.15) is 4.98 Å². The number of carbonyl (C=O) groups excluding carboxylic acids is 1. The molecule has 0 aromatic carbocycles. The zero-order chi connectivity index (χ0) is 19.8. The number of rotatable bonds is 4. The third-order valence-corrected chi connectivity index (χ3v) is 4.47. The maximum absolute atomic E-state index is 12.1. The van der Waals surface area contributed by atoms with Gasteiger partial charge in [0.05, 0.1) is 0 Å². The standard InChI is InChI=1S/C16H22N4O.C3H8N2O/c1-11(2)20-14(21)9-8-12-10-17-16(19-15(12)20)18-13-6-4-3-5-7-13;1-2-5-3(4)6/h8-11,13H,3-7H2,1-2H3,(H,17,18,19);2H2,1H3,(H3,4,5,6). The summed E-state index contributed by atoms with van der Waals surface area (Å²) in [6.07, 6.45) is 8.00. The summed E-state index contributed by atoms with van der Waals surface area (Å²) in [5.74, 6) is 0.634. The van der Waals surface area contributed by atoms with E-state index < -0.39 is 6.03 Å². The molecule has 0 spiro atoms. The van der Waals surface area contributed by atoms with Gasteiger partial charge in [0.2, 0.25) is 5.95 Å². The van der Waals surface area contributed by atoms with Crippen LogP contribution in [-0.4, -0.2) is 33.2 Å². The van der Waals surface area contributed by atoms with Crippen LogP contribution in [0.4, 0.5) is 10.7 Å². The quantitative estimate of drug-likeness (QED) is 0.761. The molecule has 1 aliphatic carbocycles. The molecule has 0 saturated heterocycles. The number of primary amides is 1. The molecule has 0 unspecified atom stereocenters. The van der Waals surface area contributed by atoms with E-state index in [0.29, 0.717) is 24.2 Å². The van der Waals surface area contributed by atoms with Gasteiger partial charge in [0.15, 0.2) is 0 Å². The minimum atomic E-state index is -0.461. The van der Waals surface area contributed by atoms with Crippen LogP contribution in [0, 0.1) is 0 Å². The van der Waals surface area contributed by atoms with Crippen LogP contribution in [0.15, 0.2) is 23.1 Å². The third kappa shape index (κ3) is 5.94. The molecular formula is C19H30N6O2. The molecule has 8 heteroatoms. The Hall–Kier alpha value is -2.64. The minimum absolute atomic E-state index is 0.0141. The van der Waals surface area contributed by atoms with E-state index in [4.69, 9.17) is 0 Å². The number of nitrogens with two attached hydrogens (primary N) is 1. The molecule has 1 aliphatic rings. The van der Waals surface area contributed by atoms with E-state index >= 15 is 0 Å². The number of amides is 2. The maximum Gasteiger partial charge on any atom is 0.312 e. The van der Waals surface area contributed by atoms with Gasteiger partial charge in [0, 0.05) is 36.3 Å². The van der Waals surface area contributed by atoms with Crippen LogP contribution < -0.4 is 21.9 Å². The molecule has 27 heavy (non-hydrogen) atoms. The van der Waals surface area contributed by atoms with Crippen LogP contribution in [0.2, 0.25) is 0 Å². The molecular weight excluding hydrogens is 344 g/mol. The number of fused-ring (bicyclic) bond motifs is 1. The average molecular weight is 374 g/mol. The summed E-state index contributed by atoms with van der Waals surface area (Å²) in [5, 5.41) is 6.67. The fourth-order valence-corrected chi connectivity index (χ4v) is 3.21. The molecule has 3 rings (SSSR count). The Labute approximate surface area is 159 Å². The fourth-order valence-electron chi connectivity index (χ4n) is 3.21. The van der Waals surface area contributed by atoms with Crippen LogP contribution in [0.5, 0.6) is 0 Å². The molecule has 0 atom stereocenters. The Morgan fingerprint density at radius 3 is 2.56 bits per heavy atom. The number of hydrogen-bond donors (Lipinski definition) is 3. The SMILES string of the molecule is CC(C)n1c(=O)ccc2cnc(NC3CCCCC3)nc21.CCNC(N)=O. The number of carbonyl (C=O) groups is 1. The summed E-state index contributed by atoms with van der Waals surface area (Å²) in [6.45, 7) is 6.41. The number of pyridine rings is 1. The first kappa shape index (κ1) is 20.7. The number of urea groups is 1. The van der Waals surface area contributed by atoms with E-state index in [1.807, 2.05) is 20.8 Å². The average Bonchev–Trinajstić information content (AvgIpc) is 2.62. The Kier molecular flexibility index (Phi) is 7.57. The lowest BCUT2D eigenvalue weighted by Crippen LogP contribution is -2.28. The van der Waals surface area contributed by atoms with Crippen LogP contribution in [-0.2, 0) is 0 Å². The number of aromatic nitrogens is 3. The number of anilines is 1. The predicted molar refractivity (Wildman–Crippen MR) is 108 cm³/mol. The molecule has 1 saturated carbocycles. The van der Waals surface area contributed by atoms with Crippen molar-refractivity contribution in [1.29, 1.82) is 0 Å². The highest BCUT2D eigenvalue weighted by atomic mass is 16.2. The topological polar surface area (TPSA) is 115 Å². The van der Waals surface area contributed by atoms with Crippen LogP contribution in [0.1, 0.15) is 58.9 Å². The zero-order valence-electron chi connectivity index (χ0n) is 16.4. The second kappa shape index (κ2) is 9.89. The van der Waals surface area contributed by atoms with E-state index in [1.54, 1.807) is 22.9 Å². The first-order chi connectivity index (χ1) is 12.9. The Morgan fingerprint density at radius 1 is 1.30 bits per heavy atom. The highest BCUT2D eigenvalue weighted by Gasteiger charge is 2.15. The number of hydrogen-bond acceptors (Lipinski definition) is 5. The molecule has 2 aromatic rings. The van der Waals surface area contributed by atoms with Gasteiger partial charge in [-0.3, -0.25) is 9.36 Å². The monoisotopic (exact) mass is 374 g/mol. The maximum atomic E-state index is 12.1. The molecule has 0 bridgehead atoms. The molecule has 2 heterocycles. The lowest BCUT2D eigenvalue weighted by molar-refractivity contribution is 0.249. The van der Waals surface area contributed by atoms with Crippen molar-refractivity contribution in [3.8, 4) is 0 Å². The van der Waals surface area contributed by atoms with Gasteiger partial charge in [-0.25, -0.2) is 9.78 Å². The highest BCUT2D eigenvalue weighted by Crippen LogP contribution is 2.21. The van der Waals surface area contributed by atoms with E-state index in [1.165, 1.54) is 32.1 Å². The van der Waals surface area contributed by atoms with Gasteiger partial charge in [-0.15, -0.1) is 0 Å². The first-order valence-corrected chi connectivity index (χ1v) is 9.60. The summed E-state index contributed by atoms with van der Waals surface area (Å²) in [4.78, 5) is 30.8. The van der Waals surface area contributed by atoms with Crippen molar-refractivity contribution in [2.75, 3.05) is 11.9 Å². The van der Waals surface area contributed by atoms with Crippen molar-refractivity contribution < 1.29 is 4.79 Å². The van der Waals surface area contributed by atoms with E-state index in [9.17, 15) is 9.59 Å². The van der Waals surface area contributed by atoms with Gasteiger partial charge in [-0.1, -0.05) is 19.3 Å². The molecule has 4 N–H and O–H groups in total. The molecule has 2 aromatic heterocycles. The Balaban J connectivity index is 0.000000380. The summed E-state index contributed by atoms with van der Waals surface area (Å²) in [5.41, 5.74) is 5.35. The van der Waals surface area contributed by atoms with Crippen LogP contribution >= 0.6 is 0 Å². The van der Waals surface area contributed by atoms with Crippen molar-refractivity contribution in [2.24, 2.45) is 5.73 Å². The van der Waals surface area contributed by atoms with Gasteiger partial charge >= 0.3 is 6.03 Å². The molecule has 0 aliphatic heterocycles. The lowest BCUT2D eigenvalue weighted by Gasteiger charge is -2.23. The predicted octanol–water partition coefficient (Wildman–Crippen LogP) is 2.79. The molecule has 0 radical (unpaired) electrons. The number of nitrogens with one attached hydrogen (secondary N) is 2. The van der Waals surface area contributed by atoms with Gasteiger partial charge in [0.1, 0.15) is 5.65 Å². The van der Waals surface area contributed by atoms with E-state index in [0.717, 1.165) is 5.39 Å². The summed E-state index contributed by atoms with van der Waals surface area (Å²) in [6, 6.07) is 3.45. The minimum Gasteiger partial charge on any atom is -0.352 e. The van der Waals surface area contributed by atoms with Crippen LogP contribution in [0.3, 0.4) is 0 Å². The highest BCUT2D eigenvalue weighted by molar-refractivity contribution is 5.75. The molecule has 2 amide bonds. The van der Waals surface area contributed by atoms with Crippen molar-refractivity contribution >= 4 is 23.0 Å². The second-order valence-corrected chi connectivity index (χ2v) is 6.98. The second-order valence-electron chi connectivity index (χ2n) is 6.98. The largest absolute Gasteiger partial charge is 0.352 e. The Bertz CT molecular complexity index is 811. The summed E-state index contributed by atoms with van der Waals surface area (Å²) >= 11 is 0. The first-order valence-electron chi connectivity index (χ1n) is 9.60. The van der Waals surface area contributed by atoms with Crippen molar-refractivity contribution in [2.45, 2.75) is 65.0 Å². The van der Waals surface area contributed by atoms with Gasteiger partial charge in [0.25, 0.3) is 5.56 Å². The molecule has 148 valence electrons. The van der Waals surface area contributed by atoms with Crippen molar-refractivity contribution in [1.82, 2.24) is 19.9 Å². The zero-order valence-corrected chi connectivity index (χ0v) is 16.4. The van der Waals surface area contributed by atoms with E-state index in [-0.39, 0.29) is 11.6 Å². The van der Waals surface area contributed by atoms with Gasteiger partial charge in [-0.05, 0) is 39.7 Å². The smallest absolute Gasteiger partial charge is 0.312 e. The molecule has 1 fully saturated rings. The summed E-state index contributed by atoms with van der Waals surface area (Å²) < 4.78 is 1.73. The number of nitrogens with zero attached hydrogens (tertiary/aromatic N) is 3. The summed E-state index contributed by atoms with van der Waals surface area (Å²) in [7, 11) is 0.